The van der Waals surface area contributed by atoms with Crippen LogP contribution >= 0.6 is 0 Å². The number of carbonyl (C=O) groups is 1. The van der Waals surface area contributed by atoms with Crippen molar-refractivity contribution in [1.29, 1.82) is 0 Å². The van der Waals surface area contributed by atoms with Crippen LogP contribution < -0.4 is 5.73 Å². The van der Waals surface area contributed by atoms with Crippen molar-refractivity contribution in [2.45, 2.75) is 44.6 Å². The number of aryl methyl sites for hydroxylation is 1. The van der Waals surface area contributed by atoms with Gasteiger partial charge in [-0.3, -0.25) is 9.48 Å². The number of carbonyl (C=O) groups excluding carboxylic acids is 1. The zero-order chi connectivity index (χ0) is 14.2. The molecule has 5 heteroatoms. The predicted octanol–water partition coefficient (Wildman–Crippen LogP) is 1.60. The minimum Gasteiger partial charge on any atom is -0.341 e. The molecule has 20 heavy (non-hydrogen) atoms. The first kappa shape index (κ1) is 13.6. The minimum atomic E-state index is -0.568. The average molecular weight is 276 g/mol. The number of aromatic nitrogens is 2. The highest BCUT2D eigenvalue weighted by Crippen LogP contribution is 2.46. The molecule has 0 radical (unpaired) electrons. The maximum atomic E-state index is 12.5. The summed E-state index contributed by atoms with van der Waals surface area (Å²) in [5.41, 5.74) is 7.42. The first-order valence-corrected chi connectivity index (χ1v) is 7.63. The Bertz CT molecular complexity index is 480. The first-order valence-electron chi connectivity index (χ1n) is 7.63. The largest absolute Gasteiger partial charge is 0.341 e. The Balaban J connectivity index is 1.61. The third-order valence-electron chi connectivity index (χ3n) is 5.15. The van der Waals surface area contributed by atoms with Crippen molar-refractivity contribution in [3.63, 3.8) is 0 Å². The first-order chi connectivity index (χ1) is 9.60. The summed E-state index contributed by atoms with van der Waals surface area (Å²) in [6.45, 7) is 1.74. The fourth-order valence-corrected chi connectivity index (χ4v) is 3.77. The van der Waals surface area contributed by atoms with Gasteiger partial charge in [-0.25, -0.2) is 0 Å². The van der Waals surface area contributed by atoms with Gasteiger partial charge in [-0.15, -0.1) is 0 Å². The lowest BCUT2D eigenvalue weighted by molar-refractivity contribution is -0.135. The van der Waals surface area contributed by atoms with Crippen LogP contribution in [0.2, 0.25) is 0 Å². The molecule has 3 rings (SSSR count). The second-order valence-electron chi connectivity index (χ2n) is 6.46. The third-order valence-corrected chi connectivity index (χ3v) is 5.15. The zero-order valence-corrected chi connectivity index (χ0v) is 12.2. The van der Waals surface area contributed by atoms with Crippen molar-refractivity contribution in [1.82, 2.24) is 14.7 Å². The average Bonchev–Trinajstić information content (AvgIpc) is 3.08. The molecule has 1 amide bonds. The van der Waals surface area contributed by atoms with Gasteiger partial charge in [0.05, 0.1) is 6.20 Å². The highest BCUT2D eigenvalue weighted by atomic mass is 16.2. The van der Waals surface area contributed by atoms with E-state index in [0.717, 1.165) is 31.5 Å². The molecule has 1 spiro atoms. The summed E-state index contributed by atoms with van der Waals surface area (Å²) in [5, 5.41) is 4.09. The van der Waals surface area contributed by atoms with E-state index < -0.39 is 6.04 Å². The number of hydrogen-bond donors (Lipinski definition) is 1. The lowest BCUT2D eigenvalue weighted by Gasteiger charge is -2.40. The van der Waals surface area contributed by atoms with Crippen molar-refractivity contribution in [2.24, 2.45) is 18.2 Å². The quantitative estimate of drug-likeness (QED) is 0.892. The maximum absolute atomic E-state index is 12.5. The molecule has 5 nitrogen and oxygen atoms in total. The van der Waals surface area contributed by atoms with Crippen LogP contribution in [0.4, 0.5) is 0 Å². The van der Waals surface area contributed by atoms with Gasteiger partial charge in [-0.1, -0.05) is 12.8 Å². The molecule has 0 aromatic carbocycles. The normalized spacial score (nSPS) is 23.2. The van der Waals surface area contributed by atoms with Gasteiger partial charge in [0, 0.05) is 31.9 Å². The molecule has 1 aromatic rings. The molecule has 1 aliphatic carbocycles. The van der Waals surface area contributed by atoms with Gasteiger partial charge in [0.2, 0.25) is 5.91 Å². The van der Waals surface area contributed by atoms with E-state index in [1.54, 1.807) is 10.9 Å². The van der Waals surface area contributed by atoms with Gasteiger partial charge in [-0.05, 0) is 31.1 Å². The van der Waals surface area contributed by atoms with Gasteiger partial charge < -0.3 is 10.6 Å². The Kier molecular flexibility index (Phi) is 3.54. The van der Waals surface area contributed by atoms with Crippen LogP contribution in [0.5, 0.6) is 0 Å². The summed E-state index contributed by atoms with van der Waals surface area (Å²) >= 11 is 0. The van der Waals surface area contributed by atoms with E-state index in [9.17, 15) is 4.79 Å². The number of nitrogens with two attached hydrogens (primary N) is 1. The molecule has 2 N–H and O–H groups in total. The summed E-state index contributed by atoms with van der Waals surface area (Å²) < 4.78 is 1.69. The van der Waals surface area contributed by atoms with E-state index in [1.165, 1.54) is 25.7 Å². The summed E-state index contributed by atoms with van der Waals surface area (Å²) in [6, 6.07) is -0.568. The lowest BCUT2D eigenvalue weighted by atomic mass is 9.77. The van der Waals surface area contributed by atoms with Crippen LogP contribution in [0.15, 0.2) is 12.4 Å². The van der Waals surface area contributed by atoms with E-state index in [0.29, 0.717) is 5.41 Å². The minimum absolute atomic E-state index is 0.0471. The standard InChI is InChI=1S/C15H24N4O/c1-18-11-12(10-17-18)13(16)14(20)19-8-6-15(7-9-19)4-2-3-5-15/h10-11,13H,2-9,16H2,1H3. The summed E-state index contributed by atoms with van der Waals surface area (Å²) in [6.07, 6.45) is 11.2. The Morgan fingerprint density at radius 2 is 1.95 bits per heavy atom. The molecule has 2 heterocycles. The summed E-state index contributed by atoms with van der Waals surface area (Å²) in [4.78, 5) is 14.4. The van der Waals surface area contributed by atoms with Gasteiger partial charge in [0.25, 0.3) is 0 Å². The predicted molar refractivity (Wildman–Crippen MR) is 76.9 cm³/mol. The molecule has 2 fully saturated rings. The Hall–Kier alpha value is -1.36. The van der Waals surface area contributed by atoms with Gasteiger partial charge >= 0.3 is 0 Å². The van der Waals surface area contributed by atoms with Crippen molar-refractivity contribution in [2.75, 3.05) is 13.1 Å². The topological polar surface area (TPSA) is 64.2 Å². The van der Waals surface area contributed by atoms with Crippen LogP contribution in [0, 0.1) is 5.41 Å². The Morgan fingerprint density at radius 3 is 2.50 bits per heavy atom. The number of hydrogen-bond acceptors (Lipinski definition) is 3. The lowest BCUT2D eigenvalue weighted by Crippen LogP contribution is -2.45. The molecule has 1 aromatic heterocycles. The van der Waals surface area contributed by atoms with Crippen molar-refractivity contribution < 1.29 is 4.79 Å². The molecule has 1 saturated heterocycles. The number of amides is 1. The van der Waals surface area contributed by atoms with Crippen molar-refractivity contribution in [3.8, 4) is 0 Å². The number of piperidine rings is 1. The highest BCUT2D eigenvalue weighted by Gasteiger charge is 2.38. The smallest absolute Gasteiger partial charge is 0.244 e. The van der Waals surface area contributed by atoms with Crippen LogP contribution in [-0.2, 0) is 11.8 Å². The molecular weight excluding hydrogens is 252 g/mol. The summed E-state index contributed by atoms with van der Waals surface area (Å²) in [5.74, 6) is 0.0471. The fourth-order valence-electron chi connectivity index (χ4n) is 3.77. The fraction of sp³-hybridized carbons (Fsp3) is 0.733. The summed E-state index contributed by atoms with van der Waals surface area (Å²) in [7, 11) is 1.84. The molecule has 1 saturated carbocycles. The van der Waals surface area contributed by atoms with E-state index in [2.05, 4.69) is 5.10 Å². The number of likely N-dealkylation sites (tertiary alicyclic amines) is 1. The molecule has 1 aliphatic heterocycles. The van der Waals surface area contributed by atoms with E-state index >= 15 is 0 Å². The van der Waals surface area contributed by atoms with Crippen LogP contribution in [0.1, 0.15) is 50.1 Å². The molecule has 1 atom stereocenters. The zero-order valence-electron chi connectivity index (χ0n) is 12.2. The molecule has 2 aliphatic rings. The molecule has 0 bridgehead atoms. The Labute approximate surface area is 120 Å². The molecule has 110 valence electrons. The van der Waals surface area contributed by atoms with Crippen LogP contribution in [0.3, 0.4) is 0 Å². The SMILES string of the molecule is Cn1cc(C(N)C(=O)N2CCC3(CCCC3)CC2)cn1. The third kappa shape index (κ3) is 2.46. The van der Waals surface area contributed by atoms with Gasteiger partial charge in [0.15, 0.2) is 0 Å². The molecule has 1 unspecified atom stereocenters. The Morgan fingerprint density at radius 1 is 1.30 bits per heavy atom. The monoisotopic (exact) mass is 276 g/mol. The van der Waals surface area contributed by atoms with Crippen molar-refractivity contribution in [3.05, 3.63) is 18.0 Å². The van der Waals surface area contributed by atoms with Gasteiger partial charge in [0.1, 0.15) is 6.04 Å². The highest BCUT2D eigenvalue weighted by molar-refractivity contribution is 5.83. The maximum Gasteiger partial charge on any atom is 0.244 e. The van der Waals surface area contributed by atoms with E-state index in [4.69, 9.17) is 5.73 Å². The van der Waals surface area contributed by atoms with Gasteiger partial charge in [-0.2, -0.15) is 5.10 Å². The number of nitrogens with zero attached hydrogens (tertiary/aromatic N) is 3. The number of rotatable bonds is 2. The van der Waals surface area contributed by atoms with Crippen LogP contribution in [0.25, 0.3) is 0 Å². The van der Waals surface area contributed by atoms with Crippen molar-refractivity contribution >= 4 is 5.91 Å². The van der Waals surface area contributed by atoms with E-state index in [1.807, 2.05) is 18.1 Å². The molecular formula is C15H24N4O. The van der Waals surface area contributed by atoms with E-state index in [-0.39, 0.29) is 5.91 Å². The second kappa shape index (κ2) is 5.20. The second-order valence-corrected chi connectivity index (χ2v) is 6.46. The van der Waals surface area contributed by atoms with Crippen LogP contribution in [-0.4, -0.2) is 33.7 Å².